The number of hydrogen-bond donors (Lipinski definition) is 0. The Morgan fingerprint density at radius 2 is 0.975 bits per heavy atom. The molecule has 1 aromatic rings. The molecule has 1 aromatic heterocycles. The van der Waals surface area contributed by atoms with E-state index in [0.29, 0.717) is 30.2 Å². The van der Waals surface area contributed by atoms with Crippen molar-refractivity contribution in [1.29, 1.82) is 5.26 Å². The average molecular weight is 692 g/mol. The number of pyridine rings is 1. The SMILES string of the molecule is C1CCC(C2CCCC[N-]2)[N-]C1.C1CCC(C2CCCC[N-]2)[N-]C1.N#C[S-].[Ce+3].c1ccc(C2CCCC[N-]2)nc1. The van der Waals surface area contributed by atoms with Crippen molar-refractivity contribution >= 4 is 12.6 Å². The van der Waals surface area contributed by atoms with E-state index in [4.69, 9.17) is 5.26 Å². The minimum absolute atomic E-state index is 0. The van der Waals surface area contributed by atoms with E-state index in [2.05, 4.69) is 50.3 Å². The Bertz CT molecular complexity index is 687. The summed E-state index contributed by atoms with van der Waals surface area (Å²) in [4.78, 5) is 4.31. The summed E-state index contributed by atoms with van der Waals surface area (Å²) in [5.41, 5.74) is 1.14. The van der Waals surface area contributed by atoms with Crippen molar-refractivity contribution < 1.29 is 41.7 Å². The van der Waals surface area contributed by atoms with Gasteiger partial charge in [0.25, 0.3) is 0 Å². The molecule has 5 unspecified atom stereocenters. The third-order valence-electron chi connectivity index (χ3n) is 8.24. The van der Waals surface area contributed by atoms with Crippen LogP contribution in [0.25, 0.3) is 26.6 Å². The van der Waals surface area contributed by atoms with E-state index in [0.717, 1.165) is 38.4 Å². The Morgan fingerprint density at radius 1 is 0.600 bits per heavy atom. The first kappa shape index (κ1) is 36.2. The normalized spacial score (nSPS) is 30.1. The summed E-state index contributed by atoms with van der Waals surface area (Å²) < 4.78 is 0. The fraction of sp³-hybridized carbons (Fsp3) is 0.806. The molecule has 40 heavy (non-hydrogen) atoms. The summed E-state index contributed by atoms with van der Waals surface area (Å²) in [6, 6.07) is 8.81. The van der Waals surface area contributed by atoms with Crippen LogP contribution in [-0.2, 0) is 12.6 Å². The predicted molar refractivity (Wildman–Crippen MR) is 165 cm³/mol. The van der Waals surface area contributed by atoms with Gasteiger partial charge < -0.3 is 39.2 Å². The third-order valence-corrected chi connectivity index (χ3v) is 8.24. The van der Waals surface area contributed by atoms with Gasteiger partial charge in [0.1, 0.15) is 0 Å². The summed E-state index contributed by atoms with van der Waals surface area (Å²) in [5, 5.41) is 31.6. The summed E-state index contributed by atoms with van der Waals surface area (Å²) in [6.45, 7) is 5.39. The predicted octanol–water partition coefficient (Wildman–Crippen LogP) is 8.37. The van der Waals surface area contributed by atoms with Gasteiger partial charge in [0, 0.05) is 11.9 Å². The maximum atomic E-state index is 7.13. The Labute approximate surface area is 283 Å². The molecular formula is C31H49CeN7S-3. The summed E-state index contributed by atoms with van der Waals surface area (Å²) >= 11 is 3.70. The molecule has 0 spiro atoms. The summed E-state index contributed by atoms with van der Waals surface area (Å²) in [5.74, 6) is 0. The first-order valence-corrected chi connectivity index (χ1v) is 16.0. The van der Waals surface area contributed by atoms with E-state index >= 15 is 0 Å². The maximum Gasteiger partial charge on any atom is 3.00 e. The Morgan fingerprint density at radius 3 is 1.25 bits per heavy atom. The van der Waals surface area contributed by atoms with Gasteiger partial charge in [-0.1, -0.05) is 114 Å². The van der Waals surface area contributed by atoms with Crippen molar-refractivity contribution in [2.45, 2.75) is 127 Å². The molecule has 6 rings (SSSR count). The zero-order chi connectivity index (χ0) is 27.4. The second-order valence-electron chi connectivity index (χ2n) is 11.1. The third kappa shape index (κ3) is 14.5. The van der Waals surface area contributed by atoms with Crippen LogP contribution in [0.1, 0.15) is 108 Å². The van der Waals surface area contributed by atoms with Crippen molar-refractivity contribution in [2.75, 3.05) is 32.7 Å². The molecule has 0 bridgehead atoms. The van der Waals surface area contributed by atoms with Crippen molar-refractivity contribution in [3.63, 3.8) is 0 Å². The number of thiocyanates is 1. The maximum absolute atomic E-state index is 7.13. The monoisotopic (exact) mass is 691 g/mol. The van der Waals surface area contributed by atoms with Crippen LogP contribution >= 0.6 is 0 Å². The van der Waals surface area contributed by atoms with E-state index in [-0.39, 0.29) is 41.7 Å². The minimum Gasteiger partial charge on any atom is -0.696 e. The smallest absolute Gasteiger partial charge is 0.696 e. The van der Waals surface area contributed by atoms with Crippen LogP contribution in [0.4, 0.5) is 0 Å². The molecule has 221 valence electrons. The molecule has 5 saturated heterocycles. The topological polar surface area (TPSA) is 107 Å². The molecule has 1 radical (unpaired) electrons. The molecule has 0 saturated carbocycles. The molecule has 7 nitrogen and oxygen atoms in total. The van der Waals surface area contributed by atoms with Crippen LogP contribution in [0, 0.1) is 52.4 Å². The van der Waals surface area contributed by atoms with Crippen molar-refractivity contribution in [3.05, 3.63) is 56.7 Å². The number of rotatable bonds is 3. The van der Waals surface area contributed by atoms with E-state index in [1.165, 1.54) is 102 Å². The number of piperidine rings is 5. The van der Waals surface area contributed by atoms with E-state index in [1.807, 2.05) is 18.3 Å². The van der Waals surface area contributed by atoms with Gasteiger partial charge in [-0.05, 0) is 12.1 Å². The Balaban J connectivity index is 0.000000198. The second-order valence-corrected chi connectivity index (χ2v) is 11.3. The molecule has 5 aliphatic rings. The zero-order valence-electron chi connectivity index (χ0n) is 24.4. The fourth-order valence-electron chi connectivity index (χ4n) is 6.11. The van der Waals surface area contributed by atoms with Gasteiger partial charge in [0.05, 0.1) is 0 Å². The first-order valence-electron chi connectivity index (χ1n) is 15.6. The number of nitrogens with zero attached hydrogens (tertiary/aromatic N) is 7. The van der Waals surface area contributed by atoms with Gasteiger partial charge in [0.2, 0.25) is 0 Å². The van der Waals surface area contributed by atoms with Crippen LogP contribution in [0.3, 0.4) is 0 Å². The zero-order valence-corrected chi connectivity index (χ0v) is 28.3. The quantitative estimate of drug-likeness (QED) is 0.235. The van der Waals surface area contributed by atoms with Gasteiger partial charge in [0.15, 0.2) is 0 Å². The molecule has 0 N–H and O–H groups in total. The summed E-state index contributed by atoms with van der Waals surface area (Å²) in [7, 11) is 0. The first-order chi connectivity index (χ1) is 19.3. The standard InChI is InChI=1S/2C10H18N2.C10H13N2.CHNS.Ce/c3*1-3-7-11-9(5-1)10-6-2-4-8-12-10;2-1-3;/h2*9-10H,1-8H2;1,3,5,7,10H,2,4,6,8H2;3H;/q2*-2;-1;;+3/p-1. The van der Waals surface area contributed by atoms with Crippen LogP contribution < -0.4 is 0 Å². The fourth-order valence-corrected chi connectivity index (χ4v) is 6.11. The summed E-state index contributed by atoms with van der Waals surface area (Å²) in [6.07, 6.45) is 21.5. The number of hydrogen-bond acceptors (Lipinski definition) is 3. The molecular weight excluding hydrogens is 643 g/mol. The number of nitriles is 1. The molecule has 5 aliphatic heterocycles. The van der Waals surface area contributed by atoms with Gasteiger partial charge in [-0.25, -0.2) is 5.26 Å². The van der Waals surface area contributed by atoms with Gasteiger partial charge in [-0.2, -0.15) is 24.2 Å². The second kappa shape index (κ2) is 23.5. The molecule has 0 aliphatic carbocycles. The molecule has 6 heterocycles. The van der Waals surface area contributed by atoms with Crippen LogP contribution in [0.5, 0.6) is 0 Å². The van der Waals surface area contributed by atoms with Crippen molar-refractivity contribution in [2.24, 2.45) is 0 Å². The molecule has 0 amide bonds. The van der Waals surface area contributed by atoms with Gasteiger partial charge >= 0.3 is 41.7 Å². The van der Waals surface area contributed by atoms with Gasteiger partial charge in [-0.3, -0.25) is 4.98 Å². The largest absolute Gasteiger partial charge is 3.00 e. The Kier molecular flexibility index (Phi) is 21.3. The van der Waals surface area contributed by atoms with Crippen LogP contribution in [-0.4, -0.2) is 61.9 Å². The van der Waals surface area contributed by atoms with E-state index in [9.17, 15) is 0 Å². The average Bonchev–Trinajstić information content (AvgIpc) is 3.05. The van der Waals surface area contributed by atoms with E-state index in [1.54, 1.807) is 0 Å². The van der Waals surface area contributed by atoms with Gasteiger partial charge in [-0.15, -0.1) is 32.7 Å². The molecule has 5 fully saturated rings. The van der Waals surface area contributed by atoms with Crippen molar-refractivity contribution in [3.8, 4) is 5.40 Å². The van der Waals surface area contributed by atoms with Crippen molar-refractivity contribution in [1.82, 2.24) is 4.98 Å². The molecule has 9 heteroatoms. The van der Waals surface area contributed by atoms with Crippen LogP contribution in [0.15, 0.2) is 24.4 Å². The number of aromatic nitrogens is 1. The molecule has 0 aromatic carbocycles. The minimum atomic E-state index is 0. The Hall–Kier alpha value is 0.0366. The molecule has 5 atom stereocenters. The van der Waals surface area contributed by atoms with Crippen LogP contribution in [0.2, 0.25) is 0 Å². The van der Waals surface area contributed by atoms with E-state index < -0.39 is 0 Å².